The van der Waals surface area contributed by atoms with Crippen LogP contribution in [0.3, 0.4) is 0 Å². The maximum atomic E-state index is 12.1. The van der Waals surface area contributed by atoms with E-state index in [1.807, 2.05) is 0 Å². The lowest BCUT2D eigenvalue weighted by atomic mass is 9.71. The number of carbonyl (C=O) groups excluding carboxylic acids is 2. The molecule has 4 rings (SSSR count). The molecule has 0 aliphatic carbocycles. The van der Waals surface area contributed by atoms with Crippen LogP contribution in [0, 0.1) is 11.8 Å². The Morgan fingerprint density at radius 1 is 0.789 bits per heavy atom. The first-order valence-corrected chi connectivity index (χ1v) is 7.83. The molecule has 4 aliphatic rings. The maximum Gasteiger partial charge on any atom is 0.222 e. The summed E-state index contributed by atoms with van der Waals surface area (Å²) < 4.78 is 0. The molecule has 2 bridgehead atoms. The molecule has 0 aromatic heterocycles. The molecule has 0 radical (unpaired) electrons. The normalized spacial score (nSPS) is 41.9. The van der Waals surface area contributed by atoms with Gasteiger partial charge in [-0.2, -0.15) is 0 Å². The van der Waals surface area contributed by atoms with E-state index in [9.17, 15) is 9.59 Å². The summed E-state index contributed by atoms with van der Waals surface area (Å²) in [6.07, 6.45) is 7.10. The van der Waals surface area contributed by atoms with E-state index in [4.69, 9.17) is 0 Å². The van der Waals surface area contributed by atoms with E-state index >= 15 is 0 Å². The van der Waals surface area contributed by atoms with Crippen molar-refractivity contribution in [3.8, 4) is 0 Å². The summed E-state index contributed by atoms with van der Waals surface area (Å²) in [5.74, 6) is 1.81. The van der Waals surface area contributed by atoms with Crippen LogP contribution in [0.25, 0.3) is 0 Å². The summed E-state index contributed by atoms with van der Waals surface area (Å²) in [7, 11) is 0. The number of fused-ring (bicyclic) bond motifs is 6. The van der Waals surface area contributed by atoms with Crippen molar-refractivity contribution < 1.29 is 9.59 Å². The molecule has 4 saturated heterocycles. The predicted octanol–water partition coefficient (Wildman–Crippen LogP) is 1.40. The molecule has 4 heteroatoms. The maximum absolute atomic E-state index is 12.1. The summed E-state index contributed by atoms with van der Waals surface area (Å²) >= 11 is 0. The summed E-state index contributed by atoms with van der Waals surface area (Å²) in [4.78, 5) is 28.6. The lowest BCUT2D eigenvalue weighted by Gasteiger charge is -2.56. The molecule has 0 N–H and O–H groups in total. The molecule has 0 spiro atoms. The van der Waals surface area contributed by atoms with Crippen LogP contribution in [0.2, 0.25) is 0 Å². The largest absolute Gasteiger partial charge is 0.339 e. The Morgan fingerprint density at radius 2 is 1.26 bits per heavy atom. The highest BCUT2D eigenvalue weighted by molar-refractivity contribution is 5.79. The number of piperidine rings is 4. The molecule has 19 heavy (non-hydrogen) atoms. The molecule has 4 atom stereocenters. The summed E-state index contributed by atoms with van der Waals surface area (Å²) in [6, 6.07) is 0.848. The van der Waals surface area contributed by atoms with Gasteiger partial charge in [0.25, 0.3) is 0 Å². The SMILES string of the molecule is O=C1CCCC2C3CC(CN12)C1CCCC(=O)N1C3. The van der Waals surface area contributed by atoms with E-state index in [0.29, 0.717) is 35.7 Å². The molecule has 2 amide bonds. The van der Waals surface area contributed by atoms with E-state index in [0.717, 1.165) is 51.6 Å². The highest BCUT2D eigenvalue weighted by Gasteiger charge is 2.49. The zero-order valence-corrected chi connectivity index (χ0v) is 11.4. The Morgan fingerprint density at radius 3 is 1.74 bits per heavy atom. The van der Waals surface area contributed by atoms with Crippen LogP contribution in [0.4, 0.5) is 0 Å². The molecular weight excluding hydrogens is 240 g/mol. The van der Waals surface area contributed by atoms with Crippen LogP contribution in [-0.2, 0) is 9.59 Å². The average Bonchev–Trinajstić information content (AvgIpc) is 2.42. The van der Waals surface area contributed by atoms with Crippen molar-refractivity contribution in [1.82, 2.24) is 9.80 Å². The Bertz CT molecular complexity index is 384. The zero-order valence-electron chi connectivity index (χ0n) is 11.4. The molecule has 0 saturated carbocycles. The highest BCUT2D eigenvalue weighted by atomic mass is 16.2. The van der Waals surface area contributed by atoms with Gasteiger partial charge in [0.15, 0.2) is 0 Å². The van der Waals surface area contributed by atoms with Crippen LogP contribution in [-0.4, -0.2) is 46.8 Å². The Kier molecular flexibility index (Phi) is 2.61. The third-order valence-corrected chi connectivity index (χ3v) is 5.78. The molecule has 104 valence electrons. The number of carbonyl (C=O) groups is 2. The van der Waals surface area contributed by atoms with Crippen molar-refractivity contribution in [2.75, 3.05) is 13.1 Å². The van der Waals surface area contributed by atoms with Gasteiger partial charge < -0.3 is 9.80 Å². The second kappa shape index (κ2) is 4.22. The predicted molar refractivity (Wildman–Crippen MR) is 70.3 cm³/mol. The van der Waals surface area contributed by atoms with Crippen LogP contribution < -0.4 is 0 Å². The number of hydrogen-bond acceptors (Lipinski definition) is 2. The van der Waals surface area contributed by atoms with Crippen LogP contribution >= 0.6 is 0 Å². The molecule has 4 fully saturated rings. The van der Waals surface area contributed by atoms with Crippen LogP contribution in [0.5, 0.6) is 0 Å². The quantitative estimate of drug-likeness (QED) is 0.662. The van der Waals surface area contributed by atoms with Crippen LogP contribution in [0.15, 0.2) is 0 Å². The topological polar surface area (TPSA) is 40.6 Å². The van der Waals surface area contributed by atoms with Gasteiger partial charge in [0, 0.05) is 38.0 Å². The first-order chi connectivity index (χ1) is 9.24. The van der Waals surface area contributed by atoms with Gasteiger partial charge in [0.1, 0.15) is 0 Å². The van der Waals surface area contributed by atoms with Crippen molar-refractivity contribution >= 4 is 11.8 Å². The Hall–Kier alpha value is -1.06. The molecule has 4 nitrogen and oxygen atoms in total. The van der Waals surface area contributed by atoms with Gasteiger partial charge >= 0.3 is 0 Å². The zero-order chi connectivity index (χ0) is 13.0. The lowest BCUT2D eigenvalue weighted by molar-refractivity contribution is -0.156. The third-order valence-electron chi connectivity index (χ3n) is 5.78. The summed E-state index contributed by atoms with van der Waals surface area (Å²) in [6.45, 7) is 1.82. The average molecular weight is 262 g/mol. The minimum atomic E-state index is 0.363. The number of rotatable bonds is 0. The van der Waals surface area contributed by atoms with Gasteiger partial charge in [0.05, 0.1) is 0 Å². The molecule has 4 unspecified atom stereocenters. The molecule has 0 aromatic rings. The fraction of sp³-hybridized carbons (Fsp3) is 0.867. The molecule has 4 aliphatic heterocycles. The van der Waals surface area contributed by atoms with Gasteiger partial charge in [-0.15, -0.1) is 0 Å². The fourth-order valence-corrected chi connectivity index (χ4v) is 4.95. The van der Waals surface area contributed by atoms with E-state index < -0.39 is 0 Å². The van der Waals surface area contributed by atoms with E-state index in [2.05, 4.69) is 9.80 Å². The van der Waals surface area contributed by atoms with Gasteiger partial charge in [0.2, 0.25) is 11.8 Å². The fourth-order valence-electron chi connectivity index (χ4n) is 4.95. The lowest BCUT2D eigenvalue weighted by Crippen LogP contribution is -2.65. The monoisotopic (exact) mass is 262 g/mol. The second-order valence-corrected chi connectivity index (χ2v) is 6.77. The second-order valence-electron chi connectivity index (χ2n) is 6.77. The van der Waals surface area contributed by atoms with Gasteiger partial charge in [-0.3, -0.25) is 9.59 Å². The molecular formula is C15H22N2O2. The van der Waals surface area contributed by atoms with Crippen molar-refractivity contribution in [2.45, 2.75) is 57.0 Å². The first-order valence-electron chi connectivity index (χ1n) is 7.83. The van der Waals surface area contributed by atoms with Gasteiger partial charge in [-0.1, -0.05) is 0 Å². The number of hydrogen-bond donors (Lipinski definition) is 0. The van der Waals surface area contributed by atoms with Crippen molar-refractivity contribution in [3.05, 3.63) is 0 Å². The van der Waals surface area contributed by atoms with E-state index in [1.165, 1.54) is 6.42 Å². The molecule has 4 heterocycles. The van der Waals surface area contributed by atoms with Crippen molar-refractivity contribution in [2.24, 2.45) is 11.8 Å². The minimum absolute atomic E-state index is 0.363. The Balaban J connectivity index is 1.62. The van der Waals surface area contributed by atoms with Crippen LogP contribution in [0.1, 0.15) is 44.9 Å². The smallest absolute Gasteiger partial charge is 0.222 e. The standard InChI is InChI=1S/C15H22N2O2/c18-14-5-1-3-12-10-7-11(9-16(12)14)13-4-2-6-15(19)17(13)8-10/h10-13H,1-9H2. The van der Waals surface area contributed by atoms with Gasteiger partial charge in [-0.25, -0.2) is 0 Å². The van der Waals surface area contributed by atoms with Crippen molar-refractivity contribution in [1.29, 1.82) is 0 Å². The minimum Gasteiger partial charge on any atom is -0.339 e. The summed E-state index contributed by atoms with van der Waals surface area (Å²) in [5, 5.41) is 0. The Labute approximate surface area is 114 Å². The van der Waals surface area contributed by atoms with Crippen molar-refractivity contribution in [3.63, 3.8) is 0 Å². The van der Waals surface area contributed by atoms with E-state index in [-0.39, 0.29) is 0 Å². The number of nitrogens with zero attached hydrogens (tertiary/aromatic N) is 2. The first kappa shape index (κ1) is 11.7. The third kappa shape index (κ3) is 1.72. The molecule has 0 aromatic carbocycles. The highest BCUT2D eigenvalue weighted by Crippen LogP contribution is 2.43. The summed E-state index contributed by atoms with van der Waals surface area (Å²) in [5.41, 5.74) is 0. The number of amides is 2. The van der Waals surface area contributed by atoms with E-state index in [1.54, 1.807) is 0 Å². The van der Waals surface area contributed by atoms with Gasteiger partial charge in [-0.05, 0) is 43.9 Å².